The quantitative estimate of drug-likeness (QED) is 0.345. The van der Waals surface area contributed by atoms with E-state index in [9.17, 15) is 4.79 Å². The third-order valence-corrected chi connectivity index (χ3v) is 4.42. The number of carbonyl (C=O) groups is 1. The Hall–Kier alpha value is -0.440. The maximum absolute atomic E-state index is 10.7. The highest BCUT2D eigenvalue weighted by molar-refractivity contribution is 6.51. The van der Waals surface area contributed by atoms with E-state index in [-0.39, 0.29) is 15.1 Å². The monoisotopic (exact) mass is 352 g/mol. The minimum atomic E-state index is 0.221. The fourth-order valence-corrected chi connectivity index (χ4v) is 2.96. The molecular weight excluding hydrogens is 349 g/mol. The van der Waals surface area contributed by atoms with Gasteiger partial charge in [0, 0.05) is 11.1 Å². The van der Waals surface area contributed by atoms with Crippen molar-refractivity contribution in [3.8, 4) is 11.1 Å². The summed E-state index contributed by atoms with van der Waals surface area (Å²) in [6.07, 6.45) is 0.671. The van der Waals surface area contributed by atoms with Crippen LogP contribution >= 0.6 is 58.0 Å². The molecule has 0 aliphatic rings. The number of rotatable bonds is 2. The lowest BCUT2D eigenvalue weighted by Gasteiger charge is -2.11. The first-order valence-corrected chi connectivity index (χ1v) is 6.92. The van der Waals surface area contributed by atoms with Crippen LogP contribution in [0.2, 0.25) is 25.1 Å². The smallest absolute Gasteiger partial charge is 0.151 e. The SMILES string of the molecule is O=Cc1ccc(-c2c(Cl)cc(Cl)c(Cl)c2Cl)cc1Cl. The molecule has 0 fully saturated rings. The van der Waals surface area contributed by atoms with Crippen LogP contribution in [0.25, 0.3) is 11.1 Å². The van der Waals surface area contributed by atoms with Gasteiger partial charge in [0.25, 0.3) is 0 Å². The fourth-order valence-electron chi connectivity index (χ4n) is 1.61. The van der Waals surface area contributed by atoms with Gasteiger partial charge in [-0.1, -0.05) is 64.1 Å². The number of halogens is 5. The summed E-state index contributed by atoms with van der Waals surface area (Å²) >= 11 is 30.1. The Labute approximate surface area is 135 Å². The van der Waals surface area contributed by atoms with Gasteiger partial charge >= 0.3 is 0 Å². The van der Waals surface area contributed by atoms with Crippen LogP contribution in [0.3, 0.4) is 0 Å². The van der Waals surface area contributed by atoms with Crippen molar-refractivity contribution in [2.45, 2.75) is 0 Å². The van der Waals surface area contributed by atoms with Gasteiger partial charge in [0.05, 0.1) is 25.1 Å². The molecule has 2 rings (SSSR count). The maximum Gasteiger partial charge on any atom is 0.151 e. The Morgan fingerprint density at radius 1 is 0.789 bits per heavy atom. The number of carbonyl (C=O) groups excluding carboxylic acids is 1. The normalized spacial score (nSPS) is 10.6. The molecule has 19 heavy (non-hydrogen) atoms. The summed E-state index contributed by atoms with van der Waals surface area (Å²) in [6.45, 7) is 0. The highest BCUT2D eigenvalue weighted by atomic mass is 35.5. The molecule has 0 N–H and O–H groups in total. The molecule has 0 saturated carbocycles. The molecule has 0 aliphatic heterocycles. The lowest BCUT2D eigenvalue weighted by Crippen LogP contribution is -1.87. The molecule has 0 bridgehead atoms. The molecule has 0 heterocycles. The zero-order valence-corrected chi connectivity index (χ0v) is 13.0. The molecule has 0 amide bonds. The topological polar surface area (TPSA) is 17.1 Å². The van der Waals surface area contributed by atoms with E-state index in [1.54, 1.807) is 18.2 Å². The van der Waals surface area contributed by atoms with E-state index in [1.165, 1.54) is 6.07 Å². The zero-order chi connectivity index (χ0) is 14.2. The lowest BCUT2D eigenvalue weighted by atomic mass is 10.0. The van der Waals surface area contributed by atoms with Gasteiger partial charge in [-0.3, -0.25) is 4.79 Å². The first-order chi connectivity index (χ1) is 8.95. The van der Waals surface area contributed by atoms with Gasteiger partial charge in [-0.2, -0.15) is 0 Å². The second kappa shape index (κ2) is 5.90. The van der Waals surface area contributed by atoms with Gasteiger partial charge in [-0.25, -0.2) is 0 Å². The Kier molecular flexibility index (Phi) is 4.65. The van der Waals surface area contributed by atoms with Crippen LogP contribution in [0.1, 0.15) is 10.4 Å². The van der Waals surface area contributed by atoms with Crippen LogP contribution in [0.15, 0.2) is 24.3 Å². The molecule has 1 nitrogen and oxygen atoms in total. The molecule has 0 unspecified atom stereocenters. The summed E-state index contributed by atoms with van der Waals surface area (Å²) in [5.41, 5.74) is 1.57. The largest absolute Gasteiger partial charge is 0.298 e. The van der Waals surface area contributed by atoms with E-state index >= 15 is 0 Å². The molecular formula is C13H5Cl5O. The maximum atomic E-state index is 10.7. The molecule has 6 heteroatoms. The Morgan fingerprint density at radius 2 is 1.47 bits per heavy atom. The van der Waals surface area contributed by atoms with Crippen molar-refractivity contribution in [3.05, 3.63) is 54.9 Å². The van der Waals surface area contributed by atoms with Crippen LogP contribution in [-0.2, 0) is 0 Å². The highest BCUT2D eigenvalue weighted by Crippen LogP contribution is 2.43. The molecule has 0 aliphatic carbocycles. The van der Waals surface area contributed by atoms with Crippen LogP contribution in [0.5, 0.6) is 0 Å². The first kappa shape index (κ1) is 15.0. The standard InChI is InChI=1S/C13H5Cl5O/c14-8-3-6(1-2-7(8)5-19)11-9(15)4-10(16)12(17)13(11)18/h1-5H. The number of aldehydes is 1. The number of benzene rings is 2. The second-order valence-electron chi connectivity index (χ2n) is 3.70. The molecule has 0 saturated heterocycles. The zero-order valence-electron chi connectivity index (χ0n) is 9.18. The highest BCUT2D eigenvalue weighted by Gasteiger charge is 2.16. The van der Waals surface area contributed by atoms with Crippen molar-refractivity contribution < 1.29 is 4.79 Å². The summed E-state index contributed by atoms with van der Waals surface area (Å²) in [4.78, 5) is 10.7. The van der Waals surface area contributed by atoms with Gasteiger partial charge in [0.15, 0.2) is 6.29 Å². The summed E-state index contributed by atoms with van der Waals surface area (Å²) in [5.74, 6) is 0. The summed E-state index contributed by atoms with van der Waals surface area (Å²) in [7, 11) is 0. The van der Waals surface area contributed by atoms with E-state index in [0.717, 1.165) is 0 Å². The van der Waals surface area contributed by atoms with Gasteiger partial charge < -0.3 is 0 Å². The molecule has 2 aromatic carbocycles. The summed E-state index contributed by atoms with van der Waals surface area (Å²) in [5, 5.41) is 1.41. The minimum absolute atomic E-state index is 0.221. The van der Waals surface area contributed by atoms with Crippen molar-refractivity contribution in [1.82, 2.24) is 0 Å². The third kappa shape index (κ3) is 2.86. The molecule has 0 aromatic heterocycles. The van der Waals surface area contributed by atoms with Gasteiger partial charge in [-0.15, -0.1) is 0 Å². The average Bonchev–Trinajstić information content (AvgIpc) is 2.36. The van der Waals surface area contributed by atoms with E-state index in [4.69, 9.17) is 58.0 Å². The van der Waals surface area contributed by atoms with E-state index in [2.05, 4.69) is 0 Å². The predicted molar refractivity (Wildman–Crippen MR) is 82.3 cm³/mol. The second-order valence-corrected chi connectivity index (χ2v) is 5.67. The minimum Gasteiger partial charge on any atom is -0.298 e. The van der Waals surface area contributed by atoms with Crippen LogP contribution in [-0.4, -0.2) is 6.29 Å². The Balaban J connectivity index is 2.69. The van der Waals surface area contributed by atoms with E-state index in [0.29, 0.717) is 33.0 Å². The van der Waals surface area contributed by atoms with Crippen molar-refractivity contribution in [3.63, 3.8) is 0 Å². The van der Waals surface area contributed by atoms with Crippen LogP contribution in [0.4, 0.5) is 0 Å². The van der Waals surface area contributed by atoms with Crippen molar-refractivity contribution in [2.75, 3.05) is 0 Å². The lowest BCUT2D eigenvalue weighted by molar-refractivity contribution is 0.112. The first-order valence-electron chi connectivity index (χ1n) is 5.03. The predicted octanol–water partition coefficient (Wildman–Crippen LogP) is 6.43. The van der Waals surface area contributed by atoms with Crippen molar-refractivity contribution in [2.24, 2.45) is 0 Å². The van der Waals surface area contributed by atoms with Gasteiger partial charge in [-0.05, 0) is 23.8 Å². The van der Waals surface area contributed by atoms with Crippen LogP contribution in [0, 0.1) is 0 Å². The molecule has 0 radical (unpaired) electrons. The van der Waals surface area contributed by atoms with Crippen molar-refractivity contribution >= 4 is 64.3 Å². The van der Waals surface area contributed by atoms with E-state index in [1.807, 2.05) is 0 Å². The summed E-state index contributed by atoms with van der Waals surface area (Å²) < 4.78 is 0. The average molecular weight is 354 g/mol. The fraction of sp³-hybridized carbons (Fsp3) is 0. The van der Waals surface area contributed by atoms with Gasteiger partial charge in [0.1, 0.15) is 0 Å². The molecule has 0 spiro atoms. The molecule has 98 valence electrons. The number of hydrogen-bond acceptors (Lipinski definition) is 1. The molecule has 0 atom stereocenters. The van der Waals surface area contributed by atoms with Crippen LogP contribution < -0.4 is 0 Å². The summed E-state index contributed by atoms with van der Waals surface area (Å²) in [6, 6.07) is 6.38. The molecule has 2 aromatic rings. The van der Waals surface area contributed by atoms with Gasteiger partial charge in [0.2, 0.25) is 0 Å². The Bertz CT molecular complexity index is 667. The third-order valence-electron chi connectivity index (χ3n) is 2.53. The number of hydrogen-bond donors (Lipinski definition) is 0. The van der Waals surface area contributed by atoms with E-state index < -0.39 is 0 Å². The van der Waals surface area contributed by atoms with Crippen molar-refractivity contribution in [1.29, 1.82) is 0 Å². The Morgan fingerprint density at radius 3 is 2.05 bits per heavy atom.